The van der Waals surface area contributed by atoms with E-state index in [1.54, 1.807) is 0 Å². The molecule has 0 heterocycles. The first-order valence-corrected chi connectivity index (χ1v) is 10.4. The average molecular weight is 316 g/mol. The standard InChI is InChI=1S/C22H37N/c1-2-3-4-5-6-7-19-8-10-20(11-9-19)12-13-21-14-16-22(18-23)17-15-21/h6-7,19-22H,2-5,8-17H2,1H3. The van der Waals surface area contributed by atoms with Crippen LogP contribution in [0.2, 0.25) is 0 Å². The van der Waals surface area contributed by atoms with E-state index in [2.05, 4.69) is 25.1 Å². The van der Waals surface area contributed by atoms with Gasteiger partial charge in [-0.2, -0.15) is 5.26 Å². The van der Waals surface area contributed by atoms with Crippen LogP contribution in [0, 0.1) is 35.0 Å². The van der Waals surface area contributed by atoms with Gasteiger partial charge >= 0.3 is 0 Å². The largest absolute Gasteiger partial charge is 0.198 e. The highest BCUT2D eigenvalue weighted by atomic mass is 14.3. The Labute approximate surface area is 144 Å². The molecule has 0 aromatic carbocycles. The summed E-state index contributed by atoms with van der Waals surface area (Å²) >= 11 is 0. The van der Waals surface area contributed by atoms with Gasteiger partial charge in [-0.3, -0.25) is 0 Å². The lowest BCUT2D eigenvalue weighted by molar-refractivity contribution is 0.242. The van der Waals surface area contributed by atoms with Crippen LogP contribution in [0.4, 0.5) is 0 Å². The summed E-state index contributed by atoms with van der Waals surface area (Å²) in [5, 5.41) is 8.98. The summed E-state index contributed by atoms with van der Waals surface area (Å²) in [6, 6.07) is 2.46. The van der Waals surface area contributed by atoms with Gasteiger partial charge in [0.25, 0.3) is 0 Å². The number of unbranched alkanes of at least 4 members (excludes halogenated alkanes) is 3. The van der Waals surface area contributed by atoms with E-state index in [-0.39, 0.29) is 0 Å². The molecule has 130 valence electrons. The Morgan fingerprint density at radius 3 is 2.04 bits per heavy atom. The lowest BCUT2D eigenvalue weighted by atomic mass is 9.76. The van der Waals surface area contributed by atoms with E-state index in [0.717, 1.165) is 30.6 Å². The number of nitriles is 1. The van der Waals surface area contributed by atoms with Crippen LogP contribution >= 0.6 is 0 Å². The zero-order valence-electron chi connectivity index (χ0n) is 15.3. The molecule has 2 aliphatic carbocycles. The summed E-state index contributed by atoms with van der Waals surface area (Å²) in [5.74, 6) is 3.16. The zero-order valence-corrected chi connectivity index (χ0v) is 15.3. The van der Waals surface area contributed by atoms with Crippen molar-refractivity contribution in [3.05, 3.63) is 12.2 Å². The van der Waals surface area contributed by atoms with Crippen LogP contribution in [-0.4, -0.2) is 0 Å². The second-order valence-corrected chi connectivity index (χ2v) is 8.13. The highest BCUT2D eigenvalue weighted by Gasteiger charge is 2.23. The number of hydrogen-bond donors (Lipinski definition) is 0. The van der Waals surface area contributed by atoms with E-state index >= 15 is 0 Å². The van der Waals surface area contributed by atoms with Crippen molar-refractivity contribution in [2.45, 2.75) is 96.8 Å². The molecule has 0 radical (unpaired) electrons. The molecule has 2 saturated carbocycles. The van der Waals surface area contributed by atoms with Gasteiger partial charge in [0.15, 0.2) is 0 Å². The fraction of sp³-hybridized carbons (Fsp3) is 0.864. The van der Waals surface area contributed by atoms with Crippen LogP contribution in [0.3, 0.4) is 0 Å². The summed E-state index contributed by atoms with van der Waals surface area (Å²) in [6.07, 6.45) is 24.0. The highest BCUT2D eigenvalue weighted by Crippen LogP contribution is 2.36. The molecule has 0 atom stereocenters. The van der Waals surface area contributed by atoms with Crippen LogP contribution in [0.15, 0.2) is 12.2 Å². The molecule has 1 heteroatoms. The molecule has 2 fully saturated rings. The van der Waals surface area contributed by atoms with Gasteiger partial charge in [0, 0.05) is 5.92 Å². The van der Waals surface area contributed by atoms with Crippen molar-refractivity contribution >= 4 is 0 Å². The molecule has 0 aromatic heterocycles. The fourth-order valence-electron chi connectivity index (χ4n) is 4.52. The van der Waals surface area contributed by atoms with Gasteiger partial charge in [-0.25, -0.2) is 0 Å². The van der Waals surface area contributed by atoms with Crippen molar-refractivity contribution in [1.29, 1.82) is 5.26 Å². The summed E-state index contributed by atoms with van der Waals surface area (Å²) in [5.41, 5.74) is 0. The molecule has 0 bridgehead atoms. The van der Waals surface area contributed by atoms with Crippen LogP contribution in [0.25, 0.3) is 0 Å². The number of allylic oxidation sites excluding steroid dienone is 2. The van der Waals surface area contributed by atoms with E-state index in [0.29, 0.717) is 5.92 Å². The molecule has 0 aliphatic heterocycles. The van der Waals surface area contributed by atoms with Crippen molar-refractivity contribution in [3.8, 4) is 6.07 Å². The molecule has 2 aliphatic rings. The van der Waals surface area contributed by atoms with E-state index in [1.165, 1.54) is 77.0 Å². The van der Waals surface area contributed by atoms with Gasteiger partial charge < -0.3 is 0 Å². The van der Waals surface area contributed by atoms with Crippen LogP contribution in [-0.2, 0) is 0 Å². The summed E-state index contributed by atoms with van der Waals surface area (Å²) < 4.78 is 0. The third-order valence-corrected chi connectivity index (χ3v) is 6.29. The molecule has 0 spiro atoms. The Balaban J connectivity index is 1.54. The molecule has 0 unspecified atom stereocenters. The fourth-order valence-corrected chi connectivity index (χ4v) is 4.52. The molecule has 1 nitrogen and oxygen atoms in total. The molecule has 0 aromatic rings. The predicted molar refractivity (Wildman–Crippen MR) is 99.0 cm³/mol. The first kappa shape index (κ1) is 18.6. The van der Waals surface area contributed by atoms with Crippen LogP contribution in [0.1, 0.15) is 96.8 Å². The molecule has 2 rings (SSSR count). The number of hydrogen-bond acceptors (Lipinski definition) is 1. The molecular weight excluding hydrogens is 278 g/mol. The molecule has 0 saturated heterocycles. The van der Waals surface area contributed by atoms with Crippen LogP contribution in [0.5, 0.6) is 0 Å². The maximum Gasteiger partial charge on any atom is 0.0655 e. The second kappa shape index (κ2) is 10.9. The average Bonchev–Trinajstić information content (AvgIpc) is 2.61. The molecule has 0 amide bonds. The zero-order chi connectivity index (χ0) is 16.3. The Hall–Kier alpha value is -0.770. The van der Waals surface area contributed by atoms with Crippen molar-refractivity contribution in [3.63, 3.8) is 0 Å². The Kier molecular flexibility index (Phi) is 8.80. The topological polar surface area (TPSA) is 23.8 Å². The first-order chi connectivity index (χ1) is 11.3. The summed E-state index contributed by atoms with van der Waals surface area (Å²) in [4.78, 5) is 0. The minimum Gasteiger partial charge on any atom is -0.198 e. The second-order valence-electron chi connectivity index (χ2n) is 8.13. The maximum atomic E-state index is 8.98. The lowest BCUT2D eigenvalue weighted by Crippen LogP contribution is -2.17. The van der Waals surface area contributed by atoms with Gasteiger partial charge in [-0.1, -0.05) is 44.8 Å². The highest BCUT2D eigenvalue weighted by molar-refractivity contribution is 4.91. The minimum atomic E-state index is 0.366. The molecular formula is C22H37N. The maximum absolute atomic E-state index is 8.98. The molecule has 0 N–H and O–H groups in total. The smallest absolute Gasteiger partial charge is 0.0655 e. The Bertz CT molecular complexity index is 362. The lowest BCUT2D eigenvalue weighted by Gasteiger charge is -2.30. The van der Waals surface area contributed by atoms with Crippen molar-refractivity contribution in [2.24, 2.45) is 23.7 Å². The van der Waals surface area contributed by atoms with Crippen molar-refractivity contribution < 1.29 is 0 Å². The number of rotatable bonds is 8. The number of nitrogens with zero attached hydrogens (tertiary/aromatic N) is 1. The van der Waals surface area contributed by atoms with Crippen LogP contribution < -0.4 is 0 Å². The molecule has 23 heavy (non-hydrogen) atoms. The quantitative estimate of drug-likeness (QED) is 0.348. The van der Waals surface area contributed by atoms with E-state index < -0.39 is 0 Å². The van der Waals surface area contributed by atoms with Gasteiger partial charge in [0.2, 0.25) is 0 Å². The summed E-state index contributed by atoms with van der Waals surface area (Å²) in [7, 11) is 0. The normalized spacial score (nSPS) is 32.0. The van der Waals surface area contributed by atoms with E-state index in [4.69, 9.17) is 5.26 Å². The van der Waals surface area contributed by atoms with Gasteiger partial charge in [-0.15, -0.1) is 0 Å². The van der Waals surface area contributed by atoms with Crippen molar-refractivity contribution in [2.75, 3.05) is 0 Å². The van der Waals surface area contributed by atoms with Gasteiger partial charge in [0.1, 0.15) is 0 Å². The monoisotopic (exact) mass is 315 g/mol. The third-order valence-electron chi connectivity index (χ3n) is 6.29. The van der Waals surface area contributed by atoms with Gasteiger partial charge in [-0.05, 0) is 82.0 Å². The minimum absolute atomic E-state index is 0.366. The SMILES string of the molecule is CCCCCC=CC1CCC(CCC2CCC(C#N)CC2)CC1. The Morgan fingerprint density at radius 1 is 0.870 bits per heavy atom. The first-order valence-electron chi connectivity index (χ1n) is 10.4. The predicted octanol–water partition coefficient (Wildman–Crippen LogP) is 7.04. The van der Waals surface area contributed by atoms with Crippen molar-refractivity contribution in [1.82, 2.24) is 0 Å². The Morgan fingerprint density at radius 2 is 1.48 bits per heavy atom. The third kappa shape index (κ3) is 7.11. The van der Waals surface area contributed by atoms with Gasteiger partial charge in [0.05, 0.1) is 6.07 Å². The van der Waals surface area contributed by atoms with E-state index in [9.17, 15) is 0 Å². The van der Waals surface area contributed by atoms with E-state index in [1.807, 2.05) is 0 Å². The summed E-state index contributed by atoms with van der Waals surface area (Å²) in [6.45, 7) is 2.28.